The lowest BCUT2D eigenvalue weighted by Crippen LogP contribution is -2.26. The zero-order chi connectivity index (χ0) is 18.2. The van der Waals surface area contributed by atoms with E-state index < -0.39 is 4.92 Å². The Morgan fingerprint density at radius 2 is 2.04 bits per heavy atom. The Morgan fingerprint density at radius 1 is 1.33 bits per heavy atom. The maximum atomic E-state index is 10.4. The second-order valence-electron chi connectivity index (χ2n) is 5.10. The fourth-order valence-corrected chi connectivity index (χ4v) is 1.87. The molecule has 0 atom stereocenters. The van der Waals surface area contributed by atoms with Crippen molar-refractivity contribution in [3.63, 3.8) is 0 Å². The number of rotatable bonds is 10. The van der Waals surface area contributed by atoms with E-state index in [9.17, 15) is 10.1 Å². The van der Waals surface area contributed by atoms with Gasteiger partial charge in [0.05, 0.1) is 11.5 Å². The average molecular weight is 338 g/mol. The van der Waals surface area contributed by atoms with Crippen LogP contribution in [-0.4, -0.2) is 39.2 Å². The zero-order valence-corrected chi connectivity index (χ0v) is 15.1. The molecule has 136 valence electrons. The molecule has 0 fully saturated rings. The predicted octanol–water partition coefficient (Wildman–Crippen LogP) is 2.13. The van der Waals surface area contributed by atoms with Crippen LogP contribution in [-0.2, 0) is 6.42 Å². The second kappa shape index (κ2) is 14.3. The predicted molar refractivity (Wildman–Crippen MR) is 97.7 cm³/mol. The Balaban J connectivity index is 0.00000163. The Bertz CT molecular complexity index is 492. The molecule has 0 amide bonds. The van der Waals surface area contributed by atoms with E-state index in [4.69, 9.17) is 4.74 Å². The van der Waals surface area contributed by atoms with E-state index in [0.717, 1.165) is 31.2 Å². The number of nitrogens with one attached hydrogen (secondary N) is 3. The highest BCUT2D eigenvalue weighted by molar-refractivity contribution is 5.28. The summed E-state index contributed by atoms with van der Waals surface area (Å²) in [6, 6.07) is 8.10. The quantitative estimate of drug-likeness (QED) is 0.344. The fraction of sp³-hybridized carbons (Fsp3) is 0.529. The molecule has 24 heavy (non-hydrogen) atoms. The molecule has 0 saturated heterocycles. The Kier molecular flexibility index (Phi) is 13.0. The van der Waals surface area contributed by atoms with Crippen molar-refractivity contribution in [2.45, 2.75) is 26.2 Å². The van der Waals surface area contributed by atoms with Gasteiger partial charge in [-0.15, -0.1) is 0 Å². The number of benzene rings is 1. The van der Waals surface area contributed by atoms with Gasteiger partial charge < -0.3 is 20.7 Å². The highest BCUT2D eigenvalue weighted by Crippen LogP contribution is 2.14. The lowest BCUT2D eigenvalue weighted by atomic mass is 10.1. The van der Waals surface area contributed by atoms with E-state index in [0.29, 0.717) is 19.0 Å². The van der Waals surface area contributed by atoms with Crippen LogP contribution in [0.4, 0.5) is 0 Å². The van der Waals surface area contributed by atoms with Crippen LogP contribution in [0.25, 0.3) is 0 Å². The van der Waals surface area contributed by atoms with Gasteiger partial charge in [-0.25, -0.2) is 0 Å². The van der Waals surface area contributed by atoms with Gasteiger partial charge in [0.2, 0.25) is 0 Å². The van der Waals surface area contributed by atoms with Gasteiger partial charge in [0.1, 0.15) is 5.75 Å². The SMILES string of the molecule is CCCc1cccc(OCCCNC(=C[N+](=O)[O-])NC)c1.CNC. The Hall–Kier alpha value is -2.28. The molecule has 0 heterocycles. The number of hydrogen-bond donors (Lipinski definition) is 3. The van der Waals surface area contributed by atoms with Gasteiger partial charge >= 0.3 is 0 Å². The van der Waals surface area contributed by atoms with Crippen LogP contribution >= 0.6 is 0 Å². The van der Waals surface area contributed by atoms with Gasteiger partial charge in [0.15, 0.2) is 5.82 Å². The largest absolute Gasteiger partial charge is 0.494 e. The molecule has 0 radical (unpaired) electrons. The maximum absolute atomic E-state index is 10.4. The first kappa shape index (κ1) is 21.7. The van der Waals surface area contributed by atoms with Crippen molar-refractivity contribution >= 4 is 0 Å². The normalized spacial score (nSPS) is 10.4. The molecule has 0 aliphatic heterocycles. The summed E-state index contributed by atoms with van der Waals surface area (Å²) in [7, 11) is 5.39. The second-order valence-corrected chi connectivity index (χ2v) is 5.10. The van der Waals surface area contributed by atoms with Crippen LogP contribution < -0.4 is 20.7 Å². The minimum Gasteiger partial charge on any atom is -0.494 e. The third-order valence-corrected chi connectivity index (χ3v) is 2.85. The van der Waals surface area contributed by atoms with Gasteiger partial charge in [-0.2, -0.15) is 0 Å². The molecule has 0 unspecified atom stereocenters. The van der Waals surface area contributed by atoms with E-state index in [1.54, 1.807) is 7.05 Å². The Labute approximate surface area is 144 Å². The van der Waals surface area contributed by atoms with Gasteiger partial charge in [-0.1, -0.05) is 25.5 Å². The van der Waals surface area contributed by atoms with Gasteiger partial charge in [-0.3, -0.25) is 10.1 Å². The van der Waals surface area contributed by atoms with Crippen molar-refractivity contribution in [1.82, 2.24) is 16.0 Å². The number of nitro groups is 1. The first-order valence-corrected chi connectivity index (χ1v) is 8.14. The average Bonchev–Trinajstić information content (AvgIpc) is 2.54. The molecule has 1 aromatic carbocycles. The number of nitrogens with zero attached hydrogens (tertiary/aromatic N) is 1. The summed E-state index contributed by atoms with van der Waals surface area (Å²) in [5.41, 5.74) is 1.28. The third-order valence-electron chi connectivity index (χ3n) is 2.85. The van der Waals surface area contributed by atoms with Gasteiger partial charge in [-0.05, 0) is 44.6 Å². The van der Waals surface area contributed by atoms with E-state index in [1.807, 2.05) is 26.2 Å². The monoisotopic (exact) mass is 338 g/mol. The molecule has 0 aromatic heterocycles. The van der Waals surface area contributed by atoms with Crippen LogP contribution in [0.3, 0.4) is 0 Å². The van der Waals surface area contributed by atoms with Crippen molar-refractivity contribution in [2.24, 2.45) is 0 Å². The maximum Gasteiger partial charge on any atom is 0.274 e. The van der Waals surface area contributed by atoms with Crippen molar-refractivity contribution in [2.75, 3.05) is 34.3 Å². The molecule has 0 aliphatic carbocycles. The van der Waals surface area contributed by atoms with Crippen LogP contribution in [0.2, 0.25) is 0 Å². The fourth-order valence-electron chi connectivity index (χ4n) is 1.87. The minimum absolute atomic E-state index is 0.393. The first-order chi connectivity index (χ1) is 11.6. The molecule has 1 rings (SSSR count). The van der Waals surface area contributed by atoms with Crippen LogP contribution in [0.15, 0.2) is 36.3 Å². The van der Waals surface area contributed by atoms with Crippen molar-refractivity contribution in [3.05, 3.63) is 52.0 Å². The molecular weight excluding hydrogens is 308 g/mol. The summed E-state index contributed by atoms with van der Waals surface area (Å²) in [6.45, 7) is 3.32. The molecule has 0 spiro atoms. The number of hydrogen-bond acceptors (Lipinski definition) is 6. The smallest absolute Gasteiger partial charge is 0.274 e. The van der Waals surface area contributed by atoms with E-state index >= 15 is 0 Å². The van der Waals surface area contributed by atoms with Crippen LogP contribution in [0.5, 0.6) is 5.75 Å². The summed E-state index contributed by atoms with van der Waals surface area (Å²) in [6.07, 6.45) is 3.84. The highest BCUT2D eigenvalue weighted by atomic mass is 16.6. The third kappa shape index (κ3) is 11.3. The molecule has 7 nitrogen and oxygen atoms in total. The lowest BCUT2D eigenvalue weighted by molar-refractivity contribution is -0.404. The molecule has 0 saturated carbocycles. The molecule has 7 heteroatoms. The van der Waals surface area contributed by atoms with E-state index in [1.165, 1.54) is 5.56 Å². The molecule has 1 aromatic rings. The minimum atomic E-state index is -0.492. The summed E-state index contributed by atoms with van der Waals surface area (Å²) in [5.74, 6) is 1.26. The lowest BCUT2D eigenvalue weighted by Gasteiger charge is -2.10. The molecule has 3 N–H and O–H groups in total. The highest BCUT2D eigenvalue weighted by Gasteiger charge is 2.00. The molecular formula is C17H30N4O3. The molecule has 0 bridgehead atoms. The van der Waals surface area contributed by atoms with Gasteiger partial charge in [0.25, 0.3) is 6.20 Å². The summed E-state index contributed by atoms with van der Waals surface area (Å²) in [4.78, 5) is 9.86. The Morgan fingerprint density at radius 3 is 2.62 bits per heavy atom. The standard InChI is InChI=1S/C15H23N3O3.C2H7N/c1-3-6-13-7-4-8-14(11-13)21-10-5-9-17-15(16-2)12-18(19)20;1-3-2/h4,7-8,11-12,16-17H,3,5-6,9-10H2,1-2H3;3H,1-2H3. The molecule has 0 aliphatic rings. The topological polar surface area (TPSA) is 88.5 Å². The van der Waals surface area contributed by atoms with Crippen LogP contribution in [0, 0.1) is 10.1 Å². The van der Waals surface area contributed by atoms with Gasteiger partial charge in [0, 0.05) is 13.6 Å². The van der Waals surface area contributed by atoms with Crippen molar-refractivity contribution in [3.8, 4) is 5.75 Å². The van der Waals surface area contributed by atoms with Crippen LogP contribution in [0.1, 0.15) is 25.3 Å². The summed E-state index contributed by atoms with van der Waals surface area (Å²) in [5, 5.41) is 18.8. The summed E-state index contributed by atoms with van der Waals surface area (Å²) < 4.78 is 5.68. The number of ether oxygens (including phenoxy) is 1. The van der Waals surface area contributed by atoms with Crippen molar-refractivity contribution < 1.29 is 9.66 Å². The zero-order valence-electron chi connectivity index (χ0n) is 15.1. The first-order valence-electron chi connectivity index (χ1n) is 8.14. The number of aryl methyl sites for hydroxylation is 1. The summed E-state index contributed by atoms with van der Waals surface area (Å²) >= 11 is 0. The van der Waals surface area contributed by atoms with Crippen molar-refractivity contribution in [1.29, 1.82) is 0 Å². The van der Waals surface area contributed by atoms with E-state index in [2.05, 4.69) is 35.0 Å². The van der Waals surface area contributed by atoms with E-state index in [-0.39, 0.29) is 0 Å².